The summed E-state index contributed by atoms with van der Waals surface area (Å²) in [5.74, 6) is 0.816. The topological polar surface area (TPSA) is 64.2 Å². The maximum absolute atomic E-state index is 10.6. The van der Waals surface area contributed by atoms with E-state index in [9.17, 15) is 4.79 Å². The molecule has 1 heterocycles. The molecule has 0 atom stereocenters. The van der Waals surface area contributed by atoms with Gasteiger partial charge in [-0.2, -0.15) is 0 Å². The summed E-state index contributed by atoms with van der Waals surface area (Å²) in [6, 6.07) is -0.446. The Kier molecular flexibility index (Phi) is 2.32. The number of nitrogens with zero attached hydrogens (tertiary/aromatic N) is 3. The van der Waals surface area contributed by atoms with Gasteiger partial charge < -0.3 is 15.2 Å². The summed E-state index contributed by atoms with van der Waals surface area (Å²) >= 11 is 0. The van der Waals surface area contributed by atoms with Gasteiger partial charge in [-0.25, -0.2) is 9.78 Å². The maximum Gasteiger partial charge on any atom is 0.314 e. The van der Waals surface area contributed by atoms with Gasteiger partial charge in [-0.3, -0.25) is 0 Å². The Labute approximate surface area is 70.8 Å². The van der Waals surface area contributed by atoms with Crippen molar-refractivity contribution in [1.29, 1.82) is 0 Å². The molecule has 1 rings (SSSR count). The Bertz CT molecular complexity index is 281. The molecule has 1 aromatic rings. The second-order valence-electron chi connectivity index (χ2n) is 2.65. The first kappa shape index (κ1) is 8.58. The average Bonchev–Trinajstić information content (AvgIpc) is 2.36. The fourth-order valence-corrected chi connectivity index (χ4v) is 0.839. The third-order valence-corrected chi connectivity index (χ3v) is 1.68. The number of aryl methyl sites for hydroxylation is 1. The Morgan fingerprint density at radius 3 is 2.92 bits per heavy atom. The van der Waals surface area contributed by atoms with Crippen molar-refractivity contribution < 1.29 is 4.79 Å². The highest BCUT2D eigenvalue weighted by atomic mass is 16.2. The zero-order valence-corrected chi connectivity index (χ0v) is 7.19. The van der Waals surface area contributed by atoms with Gasteiger partial charge >= 0.3 is 6.03 Å². The van der Waals surface area contributed by atoms with Gasteiger partial charge in [0.25, 0.3) is 0 Å². The van der Waals surface area contributed by atoms with Gasteiger partial charge in [-0.1, -0.05) is 0 Å². The number of imidazole rings is 1. The summed E-state index contributed by atoms with van der Waals surface area (Å²) in [6.07, 6.45) is 3.51. The van der Waals surface area contributed by atoms with Crippen LogP contribution in [-0.4, -0.2) is 27.5 Å². The zero-order chi connectivity index (χ0) is 9.14. The summed E-state index contributed by atoms with van der Waals surface area (Å²) in [4.78, 5) is 16.1. The number of carbonyl (C=O) groups excluding carboxylic acids is 1. The average molecular weight is 168 g/mol. The van der Waals surface area contributed by atoms with Gasteiger partial charge in [0.1, 0.15) is 5.82 Å². The molecular weight excluding hydrogens is 156 g/mol. The summed E-state index contributed by atoms with van der Waals surface area (Å²) < 4.78 is 1.85. The van der Waals surface area contributed by atoms with Crippen molar-refractivity contribution in [2.75, 3.05) is 7.05 Å². The molecule has 5 heteroatoms. The van der Waals surface area contributed by atoms with Crippen LogP contribution in [0.5, 0.6) is 0 Å². The number of primary amides is 1. The number of nitrogens with two attached hydrogens (primary N) is 1. The Hall–Kier alpha value is -1.52. The number of hydrogen-bond donors (Lipinski definition) is 1. The molecule has 0 aromatic carbocycles. The van der Waals surface area contributed by atoms with Gasteiger partial charge in [0.15, 0.2) is 0 Å². The minimum absolute atomic E-state index is 0.443. The van der Waals surface area contributed by atoms with E-state index in [-0.39, 0.29) is 0 Å². The molecule has 0 bridgehead atoms. The molecule has 5 nitrogen and oxygen atoms in total. The summed E-state index contributed by atoms with van der Waals surface area (Å²) in [5.41, 5.74) is 5.05. The molecule has 1 aromatic heterocycles. The van der Waals surface area contributed by atoms with E-state index < -0.39 is 6.03 Å². The summed E-state index contributed by atoms with van der Waals surface area (Å²) in [6.45, 7) is 0.443. The predicted molar refractivity (Wildman–Crippen MR) is 44.3 cm³/mol. The lowest BCUT2D eigenvalue weighted by atomic mass is 10.5. The molecule has 0 saturated carbocycles. The SMILES string of the molecule is CN(Cc1nccn1C)C(N)=O. The number of rotatable bonds is 2. The smallest absolute Gasteiger partial charge is 0.314 e. The molecule has 0 aliphatic heterocycles. The summed E-state index contributed by atoms with van der Waals surface area (Å²) in [5, 5.41) is 0. The quantitative estimate of drug-likeness (QED) is 0.671. The molecule has 0 fully saturated rings. The second-order valence-corrected chi connectivity index (χ2v) is 2.65. The van der Waals surface area contributed by atoms with Gasteiger partial charge in [-0.15, -0.1) is 0 Å². The van der Waals surface area contributed by atoms with E-state index in [4.69, 9.17) is 5.73 Å². The van der Waals surface area contributed by atoms with Gasteiger partial charge in [-0.05, 0) is 0 Å². The molecule has 0 aliphatic rings. The third-order valence-electron chi connectivity index (χ3n) is 1.68. The van der Waals surface area contributed by atoms with Crippen molar-refractivity contribution in [3.63, 3.8) is 0 Å². The molecule has 0 saturated heterocycles. The number of hydrogen-bond acceptors (Lipinski definition) is 2. The molecule has 12 heavy (non-hydrogen) atoms. The van der Waals surface area contributed by atoms with E-state index in [0.717, 1.165) is 5.82 Å². The van der Waals surface area contributed by atoms with E-state index in [2.05, 4.69) is 4.98 Å². The van der Waals surface area contributed by atoms with Crippen molar-refractivity contribution in [3.8, 4) is 0 Å². The van der Waals surface area contributed by atoms with Gasteiger partial charge in [0, 0.05) is 26.5 Å². The Morgan fingerprint density at radius 1 is 1.83 bits per heavy atom. The molecule has 0 aliphatic carbocycles. The van der Waals surface area contributed by atoms with Crippen LogP contribution < -0.4 is 5.73 Å². The van der Waals surface area contributed by atoms with E-state index in [0.29, 0.717) is 6.54 Å². The van der Waals surface area contributed by atoms with Crippen LogP contribution in [-0.2, 0) is 13.6 Å². The first-order valence-electron chi connectivity index (χ1n) is 3.58. The summed E-state index contributed by atoms with van der Waals surface area (Å²) in [7, 11) is 3.51. The number of amides is 2. The monoisotopic (exact) mass is 168 g/mol. The van der Waals surface area contributed by atoms with E-state index in [1.807, 2.05) is 17.8 Å². The maximum atomic E-state index is 10.6. The predicted octanol–water partition coefficient (Wildman–Crippen LogP) is -0.0694. The van der Waals surface area contributed by atoms with Gasteiger partial charge in [0.05, 0.1) is 6.54 Å². The highest BCUT2D eigenvalue weighted by Crippen LogP contribution is 1.97. The van der Waals surface area contributed by atoms with Crippen molar-refractivity contribution in [3.05, 3.63) is 18.2 Å². The lowest BCUT2D eigenvalue weighted by Gasteiger charge is -2.12. The van der Waals surface area contributed by atoms with Crippen molar-refractivity contribution in [1.82, 2.24) is 14.5 Å². The Balaban J connectivity index is 2.64. The van der Waals surface area contributed by atoms with Crippen LogP contribution in [0.4, 0.5) is 4.79 Å². The normalized spacial score (nSPS) is 9.83. The standard InChI is InChI=1S/C7H12N4O/c1-10-4-3-9-6(10)5-11(2)7(8)12/h3-4H,5H2,1-2H3,(H2,8,12). The van der Waals surface area contributed by atoms with Crippen molar-refractivity contribution >= 4 is 6.03 Å². The number of aromatic nitrogens is 2. The molecule has 2 N–H and O–H groups in total. The first-order valence-corrected chi connectivity index (χ1v) is 3.58. The van der Waals surface area contributed by atoms with Gasteiger partial charge in [0.2, 0.25) is 0 Å². The molecule has 0 spiro atoms. The Morgan fingerprint density at radius 2 is 2.50 bits per heavy atom. The minimum Gasteiger partial charge on any atom is -0.351 e. The number of urea groups is 1. The highest BCUT2D eigenvalue weighted by molar-refractivity contribution is 5.71. The minimum atomic E-state index is -0.446. The lowest BCUT2D eigenvalue weighted by molar-refractivity contribution is 0.215. The van der Waals surface area contributed by atoms with E-state index in [1.165, 1.54) is 4.90 Å². The van der Waals surface area contributed by atoms with Crippen molar-refractivity contribution in [2.24, 2.45) is 12.8 Å². The lowest BCUT2D eigenvalue weighted by Crippen LogP contribution is -2.32. The van der Waals surface area contributed by atoms with Crippen LogP contribution in [0.1, 0.15) is 5.82 Å². The largest absolute Gasteiger partial charge is 0.351 e. The zero-order valence-electron chi connectivity index (χ0n) is 7.19. The van der Waals surface area contributed by atoms with E-state index >= 15 is 0 Å². The molecular formula is C7H12N4O. The molecule has 0 unspecified atom stereocenters. The van der Waals surface area contributed by atoms with Crippen molar-refractivity contribution in [2.45, 2.75) is 6.54 Å². The second kappa shape index (κ2) is 3.25. The first-order chi connectivity index (χ1) is 5.61. The molecule has 0 radical (unpaired) electrons. The highest BCUT2D eigenvalue weighted by Gasteiger charge is 2.06. The van der Waals surface area contributed by atoms with Crippen LogP contribution in [0.15, 0.2) is 12.4 Å². The third kappa shape index (κ3) is 1.75. The van der Waals surface area contributed by atoms with Crippen LogP contribution in [0.3, 0.4) is 0 Å². The van der Waals surface area contributed by atoms with E-state index in [1.54, 1.807) is 13.2 Å². The molecule has 66 valence electrons. The number of carbonyl (C=O) groups is 1. The fraction of sp³-hybridized carbons (Fsp3) is 0.429. The van der Waals surface area contributed by atoms with Crippen LogP contribution >= 0.6 is 0 Å². The van der Waals surface area contributed by atoms with Crippen LogP contribution in [0.25, 0.3) is 0 Å². The molecule has 2 amide bonds. The van der Waals surface area contributed by atoms with Crippen LogP contribution in [0.2, 0.25) is 0 Å². The fourth-order valence-electron chi connectivity index (χ4n) is 0.839. The van der Waals surface area contributed by atoms with Crippen LogP contribution in [0, 0.1) is 0 Å².